The number of hydrogen-bond donors (Lipinski definition) is 2. The Labute approximate surface area is 273 Å². The van der Waals surface area contributed by atoms with Crippen molar-refractivity contribution in [2.24, 2.45) is 23.7 Å². The Morgan fingerprint density at radius 1 is 1.02 bits per heavy atom. The van der Waals surface area contributed by atoms with Gasteiger partial charge in [0.05, 0.1) is 17.1 Å². The van der Waals surface area contributed by atoms with Crippen LogP contribution in [-0.2, 0) is 24.8 Å². The molecular formula is C36H40N8O3. The molecule has 0 unspecified atom stereocenters. The molecule has 11 heteroatoms. The number of pyridine rings is 1. The van der Waals surface area contributed by atoms with E-state index in [1.165, 1.54) is 6.20 Å². The number of carbonyl (C=O) groups excluding carboxylic acids is 2. The van der Waals surface area contributed by atoms with Crippen LogP contribution in [0.3, 0.4) is 0 Å². The van der Waals surface area contributed by atoms with Gasteiger partial charge in [0.1, 0.15) is 11.4 Å². The van der Waals surface area contributed by atoms with E-state index in [0.717, 1.165) is 79.8 Å². The molecule has 1 saturated carbocycles. The molecule has 11 nitrogen and oxygen atoms in total. The molecule has 4 aromatic rings. The largest absolute Gasteiger partial charge is 0.382 e. The predicted octanol–water partition coefficient (Wildman–Crippen LogP) is 4.59. The van der Waals surface area contributed by atoms with Gasteiger partial charge in [-0.1, -0.05) is 18.7 Å². The molecular weight excluding hydrogens is 592 g/mol. The van der Waals surface area contributed by atoms with E-state index >= 15 is 0 Å². The lowest BCUT2D eigenvalue weighted by Gasteiger charge is -2.32. The highest BCUT2D eigenvalue weighted by atomic mass is 16.2. The Morgan fingerprint density at radius 2 is 1.74 bits per heavy atom. The van der Waals surface area contributed by atoms with Gasteiger partial charge >= 0.3 is 0 Å². The minimum atomic E-state index is -0.419. The number of anilines is 1. The van der Waals surface area contributed by atoms with E-state index < -0.39 is 5.91 Å². The van der Waals surface area contributed by atoms with Crippen molar-refractivity contribution in [2.45, 2.75) is 57.4 Å². The number of amides is 2. The number of rotatable bonds is 8. The predicted molar refractivity (Wildman–Crippen MR) is 182 cm³/mol. The maximum absolute atomic E-state index is 13.6. The highest BCUT2D eigenvalue weighted by Crippen LogP contribution is 2.37. The average molecular weight is 633 g/mol. The summed E-state index contributed by atoms with van der Waals surface area (Å²) in [6.45, 7) is 5.93. The third-order valence-corrected chi connectivity index (χ3v) is 9.76. The smallest absolute Gasteiger partial charge is 0.284 e. The Morgan fingerprint density at radius 3 is 2.43 bits per heavy atom. The van der Waals surface area contributed by atoms with Crippen molar-refractivity contribution >= 4 is 23.3 Å². The lowest BCUT2D eigenvalue weighted by Crippen LogP contribution is -2.39. The van der Waals surface area contributed by atoms with E-state index in [1.54, 1.807) is 29.2 Å². The number of nitrogens with zero attached hydrogens (tertiary/aromatic N) is 6. The van der Waals surface area contributed by atoms with Gasteiger partial charge in [-0.15, -0.1) is 0 Å². The van der Waals surface area contributed by atoms with Gasteiger partial charge in [-0.3, -0.25) is 24.0 Å². The van der Waals surface area contributed by atoms with Crippen LogP contribution in [0.5, 0.6) is 0 Å². The van der Waals surface area contributed by atoms with Gasteiger partial charge in [0, 0.05) is 74.1 Å². The van der Waals surface area contributed by atoms with Crippen molar-refractivity contribution in [3.05, 3.63) is 101 Å². The van der Waals surface area contributed by atoms with Gasteiger partial charge in [-0.2, -0.15) is 0 Å². The van der Waals surface area contributed by atoms with Crippen LogP contribution in [0.1, 0.15) is 71.9 Å². The molecule has 242 valence electrons. The summed E-state index contributed by atoms with van der Waals surface area (Å²) in [5.74, 6) is 0.782. The molecule has 0 radical (unpaired) electrons. The molecule has 0 atom stereocenters. The van der Waals surface area contributed by atoms with Crippen molar-refractivity contribution in [1.82, 2.24) is 23.8 Å². The van der Waals surface area contributed by atoms with Crippen LogP contribution >= 0.6 is 0 Å². The maximum atomic E-state index is 13.6. The number of aromatic nitrogens is 4. The third kappa shape index (κ3) is 5.70. The molecule has 3 aromatic heterocycles. The maximum Gasteiger partial charge on any atom is 0.284 e. The van der Waals surface area contributed by atoms with Gasteiger partial charge in [0.2, 0.25) is 5.91 Å². The first-order valence-corrected chi connectivity index (χ1v) is 16.5. The van der Waals surface area contributed by atoms with E-state index in [0.29, 0.717) is 36.1 Å². The minimum Gasteiger partial charge on any atom is -0.382 e. The van der Waals surface area contributed by atoms with Crippen molar-refractivity contribution in [3.8, 4) is 16.8 Å². The van der Waals surface area contributed by atoms with Gasteiger partial charge in [-0.25, -0.2) is 9.67 Å². The summed E-state index contributed by atoms with van der Waals surface area (Å²) in [7, 11) is 2.01. The average Bonchev–Trinajstić information content (AvgIpc) is 3.82. The second kappa shape index (κ2) is 12.5. The summed E-state index contributed by atoms with van der Waals surface area (Å²) < 4.78 is 5.63. The first kappa shape index (κ1) is 30.5. The second-order valence-electron chi connectivity index (χ2n) is 12.7. The Bertz CT molecular complexity index is 1920. The molecule has 5 heterocycles. The molecule has 0 spiro atoms. The highest BCUT2D eigenvalue weighted by molar-refractivity contribution is 6.05. The zero-order valence-electron chi connectivity index (χ0n) is 26.7. The molecule has 1 aliphatic carbocycles. The summed E-state index contributed by atoms with van der Waals surface area (Å²) in [6.07, 6.45) is 11.1. The second-order valence-corrected chi connectivity index (χ2v) is 12.7. The number of nitrogens with two attached hydrogens (primary N) is 1. The standard InChI is InChI=1S/C36H40N8O3/c1-3-39-33(37)32-28(22-30(41(32)2)24-15-20-42(21-16-24)35(46)25-7-8-25)23-9-11-26(12-10-23)40-34(45)31-29-6-4-5-19-43(29)44(36(31)47)27-13-17-38-18-14-27/h3,9-14,17-18,22,24-25H,1,4-8,15-16,19-21H2,2H3,(H2,37,39)(H,40,45). The van der Waals surface area contributed by atoms with Gasteiger partial charge in [0.25, 0.3) is 11.5 Å². The zero-order chi connectivity index (χ0) is 32.7. The van der Waals surface area contributed by atoms with Crippen molar-refractivity contribution in [2.75, 3.05) is 18.4 Å². The number of piperidine rings is 1. The normalized spacial score (nSPS) is 17.0. The minimum absolute atomic E-state index is 0.180. The summed E-state index contributed by atoms with van der Waals surface area (Å²) in [5, 5.41) is 2.97. The van der Waals surface area contributed by atoms with Crippen LogP contribution in [0.25, 0.3) is 16.8 Å². The molecule has 3 aliphatic rings. The van der Waals surface area contributed by atoms with Crippen LogP contribution in [0, 0.1) is 5.92 Å². The number of aliphatic imine (C=N–C) groups is 1. The molecule has 2 aliphatic heterocycles. The van der Waals surface area contributed by atoms with Crippen LogP contribution in [0.4, 0.5) is 5.69 Å². The zero-order valence-corrected chi connectivity index (χ0v) is 26.7. The van der Waals surface area contributed by atoms with E-state index in [-0.39, 0.29) is 23.0 Å². The van der Waals surface area contributed by atoms with Crippen LogP contribution in [-0.4, -0.2) is 54.6 Å². The molecule has 2 amide bonds. The Kier molecular flexibility index (Phi) is 8.13. The molecule has 7 rings (SSSR count). The first-order valence-electron chi connectivity index (χ1n) is 16.5. The van der Waals surface area contributed by atoms with E-state index in [1.807, 2.05) is 40.9 Å². The molecule has 1 aromatic carbocycles. The van der Waals surface area contributed by atoms with Gasteiger partial charge in [-0.05, 0) is 80.8 Å². The Hall–Kier alpha value is -5.19. The number of likely N-dealkylation sites (tertiary alicyclic amines) is 1. The summed E-state index contributed by atoms with van der Waals surface area (Å²) in [5.41, 5.74) is 12.2. The summed E-state index contributed by atoms with van der Waals surface area (Å²) >= 11 is 0. The SMILES string of the molecule is C=CN=C(N)c1c(-c2ccc(NC(=O)c3c4n(n(-c5ccncc5)c3=O)CCCC4)cc2)cc(C2CCN(C(=O)C3CC3)CC2)n1C. The lowest BCUT2D eigenvalue weighted by molar-refractivity contribution is -0.133. The molecule has 0 bridgehead atoms. The monoisotopic (exact) mass is 632 g/mol. The summed E-state index contributed by atoms with van der Waals surface area (Å²) in [4.78, 5) is 50.3. The van der Waals surface area contributed by atoms with E-state index in [2.05, 4.69) is 32.5 Å². The molecule has 3 N–H and O–H groups in total. The van der Waals surface area contributed by atoms with E-state index in [4.69, 9.17) is 5.73 Å². The lowest BCUT2D eigenvalue weighted by atomic mass is 9.92. The number of fused-ring (bicyclic) bond motifs is 1. The third-order valence-electron chi connectivity index (χ3n) is 9.76. The van der Waals surface area contributed by atoms with Crippen molar-refractivity contribution < 1.29 is 9.59 Å². The Balaban J connectivity index is 1.15. The molecule has 1 saturated heterocycles. The van der Waals surface area contributed by atoms with Crippen LogP contribution in [0.2, 0.25) is 0 Å². The van der Waals surface area contributed by atoms with E-state index in [9.17, 15) is 14.4 Å². The topological polar surface area (TPSA) is 133 Å². The molecule has 2 fully saturated rings. The first-order chi connectivity index (χ1) is 22.9. The summed E-state index contributed by atoms with van der Waals surface area (Å²) in [6, 6.07) is 13.3. The number of hydrogen-bond acceptors (Lipinski definition) is 5. The highest BCUT2D eigenvalue weighted by Gasteiger charge is 2.36. The van der Waals surface area contributed by atoms with Crippen molar-refractivity contribution in [3.63, 3.8) is 0 Å². The number of carbonyl (C=O) groups is 2. The van der Waals surface area contributed by atoms with Gasteiger partial charge in [0.15, 0.2) is 0 Å². The number of nitrogens with one attached hydrogen (secondary N) is 1. The fourth-order valence-corrected chi connectivity index (χ4v) is 7.22. The quantitative estimate of drug-likeness (QED) is 0.217. The van der Waals surface area contributed by atoms with Gasteiger partial charge < -0.3 is 20.5 Å². The fraction of sp³-hybridized carbons (Fsp3) is 0.361. The fourth-order valence-electron chi connectivity index (χ4n) is 7.22. The number of benzene rings is 1. The van der Waals surface area contributed by atoms with Crippen LogP contribution < -0.4 is 16.6 Å². The molecule has 47 heavy (non-hydrogen) atoms. The van der Waals surface area contributed by atoms with Crippen molar-refractivity contribution in [1.29, 1.82) is 0 Å². The van der Waals surface area contributed by atoms with Crippen LogP contribution in [0.15, 0.2) is 77.4 Å². The number of amidine groups is 1.